The molecule has 178 valence electrons. The Hall–Kier alpha value is -2.43. The SMILES string of the molecule is CCc1cc(C2=CC(=O)N3C=C(N4CCN(C5CCC5)[C@H](C)C4)C=CC3P2)cn2cc(C)nc12. The first-order valence-electron chi connectivity index (χ1n) is 12.7. The number of aromatic nitrogens is 2. The van der Waals surface area contributed by atoms with E-state index in [4.69, 9.17) is 0 Å². The zero-order valence-electron chi connectivity index (χ0n) is 20.4. The molecule has 2 fully saturated rings. The Balaban J connectivity index is 1.22. The summed E-state index contributed by atoms with van der Waals surface area (Å²) in [5.74, 6) is 0.192. The van der Waals surface area contributed by atoms with E-state index in [0.717, 1.165) is 54.3 Å². The molecule has 34 heavy (non-hydrogen) atoms. The summed E-state index contributed by atoms with van der Waals surface area (Å²) in [6, 6.07) is 3.58. The Morgan fingerprint density at radius 3 is 2.79 bits per heavy atom. The fourth-order valence-corrected chi connectivity index (χ4v) is 7.15. The molecule has 0 spiro atoms. The Morgan fingerprint density at radius 1 is 1.21 bits per heavy atom. The van der Waals surface area contributed by atoms with E-state index in [2.05, 4.69) is 69.8 Å². The van der Waals surface area contributed by atoms with Gasteiger partial charge >= 0.3 is 0 Å². The van der Waals surface area contributed by atoms with Crippen LogP contribution in [-0.2, 0) is 11.2 Å². The molecule has 6 nitrogen and oxygen atoms in total. The van der Waals surface area contributed by atoms with Gasteiger partial charge in [-0.05, 0) is 61.7 Å². The first kappa shape index (κ1) is 22.1. The molecule has 0 aromatic carbocycles. The number of piperazine rings is 1. The monoisotopic (exact) mass is 475 g/mol. The minimum atomic E-state index is 0.0849. The van der Waals surface area contributed by atoms with Gasteiger partial charge in [-0.1, -0.05) is 28.0 Å². The second-order valence-electron chi connectivity index (χ2n) is 10.1. The summed E-state index contributed by atoms with van der Waals surface area (Å²) >= 11 is 0. The molecule has 2 aromatic heterocycles. The highest BCUT2D eigenvalue weighted by atomic mass is 31.1. The summed E-state index contributed by atoms with van der Waals surface area (Å²) in [7, 11) is 0.530. The molecule has 4 aliphatic rings. The number of hydrogen-bond donors (Lipinski definition) is 0. The first-order valence-corrected chi connectivity index (χ1v) is 13.8. The van der Waals surface area contributed by atoms with Crippen LogP contribution < -0.4 is 0 Å². The van der Waals surface area contributed by atoms with Crippen molar-refractivity contribution in [2.45, 2.75) is 64.3 Å². The number of allylic oxidation sites excluding steroid dienone is 1. The Bertz CT molecular complexity index is 1220. The lowest BCUT2D eigenvalue weighted by molar-refractivity contribution is -0.123. The van der Waals surface area contributed by atoms with E-state index in [1.807, 2.05) is 17.9 Å². The van der Waals surface area contributed by atoms with Gasteiger partial charge in [0, 0.05) is 56.4 Å². The number of hydrogen-bond acceptors (Lipinski definition) is 4. The summed E-state index contributed by atoms with van der Waals surface area (Å²) in [5, 5.41) is 1.14. The van der Waals surface area contributed by atoms with Crippen LogP contribution in [-0.4, -0.2) is 67.5 Å². The standard InChI is InChI=1S/C27H34N5OP/c1-4-20-12-21(16-30-14-18(2)28-27(20)30)24-13-25(33)32-17-23(8-9-26(32)34-24)29-10-11-31(19(3)15-29)22-6-5-7-22/h8-9,12-14,16-17,19,22,26,34H,4-7,10-11,15H2,1-3H3/t19-,26?/m1/s1. The Morgan fingerprint density at radius 2 is 2.06 bits per heavy atom. The molecule has 2 aromatic rings. The Kier molecular flexibility index (Phi) is 5.62. The first-order chi connectivity index (χ1) is 16.5. The number of carbonyl (C=O) groups is 1. The maximum absolute atomic E-state index is 13.2. The molecule has 3 aliphatic heterocycles. The van der Waals surface area contributed by atoms with Gasteiger partial charge in [-0.3, -0.25) is 9.69 Å². The third-order valence-corrected chi connectivity index (χ3v) is 9.38. The van der Waals surface area contributed by atoms with Gasteiger partial charge in [0.2, 0.25) is 0 Å². The van der Waals surface area contributed by atoms with Crippen molar-refractivity contribution in [3.05, 3.63) is 65.4 Å². The summed E-state index contributed by atoms with van der Waals surface area (Å²) in [4.78, 5) is 25.0. The predicted octanol–water partition coefficient (Wildman–Crippen LogP) is 4.36. The number of aryl methyl sites for hydroxylation is 2. The zero-order chi connectivity index (χ0) is 23.4. The summed E-state index contributed by atoms with van der Waals surface area (Å²) in [6.07, 6.45) is 17.7. The zero-order valence-corrected chi connectivity index (χ0v) is 21.4. The number of carbonyl (C=O) groups excluding carboxylic acids is 1. The van der Waals surface area contributed by atoms with Crippen LogP contribution in [0.4, 0.5) is 0 Å². The summed E-state index contributed by atoms with van der Waals surface area (Å²) < 4.78 is 2.12. The van der Waals surface area contributed by atoms with Crippen molar-refractivity contribution >= 4 is 25.4 Å². The number of rotatable bonds is 4. The molecule has 1 aliphatic carbocycles. The molecule has 1 saturated carbocycles. The minimum Gasteiger partial charge on any atom is -0.368 e. The molecule has 0 N–H and O–H groups in total. The number of pyridine rings is 1. The van der Waals surface area contributed by atoms with Gasteiger partial charge in [-0.25, -0.2) is 4.98 Å². The van der Waals surface area contributed by atoms with Crippen LogP contribution in [0.5, 0.6) is 0 Å². The van der Waals surface area contributed by atoms with E-state index < -0.39 is 0 Å². The Labute approximate surface area is 203 Å². The smallest absolute Gasteiger partial charge is 0.252 e. The third kappa shape index (κ3) is 3.81. The van der Waals surface area contributed by atoms with E-state index in [1.165, 1.54) is 30.5 Å². The van der Waals surface area contributed by atoms with Crippen molar-refractivity contribution in [2.75, 3.05) is 19.6 Å². The van der Waals surface area contributed by atoms with Crippen molar-refractivity contribution in [1.82, 2.24) is 24.1 Å². The average Bonchev–Trinajstić information content (AvgIpc) is 3.18. The van der Waals surface area contributed by atoms with Crippen LogP contribution in [0.15, 0.2) is 48.6 Å². The van der Waals surface area contributed by atoms with E-state index in [-0.39, 0.29) is 11.7 Å². The van der Waals surface area contributed by atoms with E-state index in [1.54, 1.807) is 0 Å². The highest BCUT2D eigenvalue weighted by Crippen LogP contribution is 2.45. The molecular weight excluding hydrogens is 441 g/mol. The van der Waals surface area contributed by atoms with Crippen molar-refractivity contribution in [2.24, 2.45) is 0 Å². The van der Waals surface area contributed by atoms with Crippen molar-refractivity contribution in [3.63, 3.8) is 0 Å². The fraction of sp³-hybridized carbons (Fsp3) is 0.481. The molecule has 3 atom stereocenters. The van der Waals surface area contributed by atoms with Gasteiger partial charge in [0.05, 0.1) is 17.2 Å². The van der Waals surface area contributed by atoms with Gasteiger partial charge < -0.3 is 14.2 Å². The second-order valence-corrected chi connectivity index (χ2v) is 11.6. The van der Waals surface area contributed by atoms with Gasteiger partial charge in [0.25, 0.3) is 5.91 Å². The highest BCUT2D eigenvalue weighted by Gasteiger charge is 2.34. The molecule has 0 radical (unpaired) electrons. The maximum Gasteiger partial charge on any atom is 0.252 e. The van der Waals surface area contributed by atoms with Crippen molar-refractivity contribution in [1.29, 1.82) is 0 Å². The molecule has 2 unspecified atom stereocenters. The highest BCUT2D eigenvalue weighted by molar-refractivity contribution is 7.51. The lowest BCUT2D eigenvalue weighted by atomic mass is 9.89. The minimum absolute atomic E-state index is 0.0849. The van der Waals surface area contributed by atoms with Gasteiger partial charge in [0.1, 0.15) is 5.65 Å². The normalized spacial score (nSPS) is 26.6. The van der Waals surface area contributed by atoms with Crippen LogP contribution in [0.3, 0.4) is 0 Å². The molecule has 7 heteroatoms. The lowest BCUT2D eigenvalue weighted by Gasteiger charge is -2.48. The molecule has 6 rings (SSSR count). The van der Waals surface area contributed by atoms with E-state index in [0.29, 0.717) is 14.6 Å². The van der Waals surface area contributed by atoms with E-state index >= 15 is 0 Å². The topological polar surface area (TPSA) is 44.1 Å². The number of nitrogens with zero attached hydrogens (tertiary/aromatic N) is 5. The molecule has 5 heterocycles. The summed E-state index contributed by atoms with van der Waals surface area (Å²) in [5.41, 5.74) is 5.58. The number of imidazole rings is 1. The van der Waals surface area contributed by atoms with Crippen LogP contribution in [0.25, 0.3) is 11.0 Å². The maximum atomic E-state index is 13.2. The van der Waals surface area contributed by atoms with Crippen LogP contribution in [0, 0.1) is 6.92 Å². The summed E-state index contributed by atoms with van der Waals surface area (Å²) in [6.45, 7) is 9.74. The van der Waals surface area contributed by atoms with Gasteiger partial charge in [-0.15, -0.1) is 0 Å². The van der Waals surface area contributed by atoms with Crippen LogP contribution in [0.1, 0.15) is 49.9 Å². The predicted molar refractivity (Wildman–Crippen MR) is 139 cm³/mol. The molecule has 1 saturated heterocycles. The lowest BCUT2D eigenvalue weighted by Crippen LogP contribution is -2.56. The van der Waals surface area contributed by atoms with E-state index in [9.17, 15) is 4.79 Å². The van der Waals surface area contributed by atoms with Crippen LogP contribution in [0.2, 0.25) is 0 Å². The molecule has 0 bridgehead atoms. The number of fused-ring (bicyclic) bond motifs is 2. The largest absolute Gasteiger partial charge is 0.368 e. The third-order valence-electron chi connectivity index (χ3n) is 7.87. The van der Waals surface area contributed by atoms with Crippen LogP contribution >= 0.6 is 8.58 Å². The van der Waals surface area contributed by atoms with Crippen molar-refractivity contribution in [3.8, 4) is 0 Å². The average molecular weight is 476 g/mol. The quantitative estimate of drug-likeness (QED) is 0.617. The van der Waals surface area contributed by atoms with Gasteiger partial charge in [-0.2, -0.15) is 0 Å². The fourth-order valence-electron chi connectivity index (χ4n) is 5.79. The second kappa shape index (κ2) is 8.66. The van der Waals surface area contributed by atoms with Crippen molar-refractivity contribution < 1.29 is 4.79 Å². The molecule has 1 amide bonds. The molecular formula is C27H34N5OP. The van der Waals surface area contributed by atoms with Gasteiger partial charge in [0.15, 0.2) is 0 Å². The number of amides is 1.